The molecule has 1 saturated heterocycles. The molecule has 7 nitrogen and oxygen atoms in total. The predicted octanol–water partition coefficient (Wildman–Crippen LogP) is 5.18. The summed E-state index contributed by atoms with van der Waals surface area (Å²) in [5.74, 6) is 0.574. The molecular formula is C30H32N6O. The van der Waals surface area contributed by atoms with Gasteiger partial charge >= 0.3 is 0 Å². The van der Waals surface area contributed by atoms with E-state index in [1.807, 2.05) is 22.8 Å². The van der Waals surface area contributed by atoms with Gasteiger partial charge in [0.2, 0.25) is 5.95 Å². The van der Waals surface area contributed by atoms with Crippen LogP contribution in [0, 0.1) is 11.3 Å². The monoisotopic (exact) mass is 492 g/mol. The van der Waals surface area contributed by atoms with Crippen LogP contribution in [0.5, 0.6) is 0 Å². The summed E-state index contributed by atoms with van der Waals surface area (Å²) in [5.41, 5.74) is 8.10. The number of benzene rings is 2. The summed E-state index contributed by atoms with van der Waals surface area (Å²) in [7, 11) is 0. The van der Waals surface area contributed by atoms with Crippen LogP contribution in [0.25, 0.3) is 16.8 Å². The second-order valence-corrected chi connectivity index (χ2v) is 9.98. The zero-order valence-electron chi connectivity index (χ0n) is 21.1. The topological polar surface area (TPSA) is 78.5 Å². The Morgan fingerprint density at radius 2 is 1.86 bits per heavy atom. The van der Waals surface area contributed by atoms with E-state index in [0.717, 1.165) is 73.6 Å². The normalized spacial score (nSPS) is 18.2. The molecule has 2 aliphatic rings. The maximum absolute atomic E-state index is 8.93. The fraction of sp³-hybridized carbons (Fsp3) is 0.367. The molecule has 1 atom stereocenters. The molecule has 1 unspecified atom stereocenters. The first-order chi connectivity index (χ1) is 18.3. The molecule has 3 heterocycles. The number of rotatable bonds is 6. The van der Waals surface area contributed by atoms with Crippen molar-refractivity contribution in [3.8, 4) is 17.3 Å². The largest absolute Gasteiger partial charge is 0.379 e. The molecule has 1 aliphatic heterocycles. The second-order valence-electron chi connectivity index (χ2n) is 9.98. The molecule has 0 radical (unpaired) electrons. The number of anilines is 2. The molecule has 37 heavy (non-hydrogen) atoms. The van der Waals surface area contributed by atoms with Crippen molar-refractivity contribution in [2.45, 2.75) is 44.6 Å². The van der Waals surface area contributed by atoms with Crippen molar-refractivity contribution in [2.75, 3.05) is 31.6 Å². The van der Waals surface area contributed by atoms with Gasteiger partial charge < -0.3 is 10.1 Å². The highest BCUT2D eigenvalue weighted by Gasteiger charge is 2.24. The Morgan fingerprint density at radius 3 is 2.73 bits per heavy atom. The zero-order chi connectivity index (χ0) is 25.0. The lowest BCUT2D eigenvalue weighted by Gasteiger charge is -2.33. The highest BCUT2D eigenvalue weighted by atomic mass is 16.5. The number of nitrogens with one attached hydrogen (secondary N) is 1. The Labute approximate surface area is 217 Å². The third kappa shape index (κ3) is 5.22. The first-order valence-corrected chi connectivity index (χ1v) is 13.3. The van der Waals surface area contributed by atoms with E-state index in [-0.39, 0.29) is 0 Å². The summed E-state index contributed by atoms with van der Waals surface area (Å²) in [5, 5.41) is 17.2. The number of ether oxygens (including phenoxy) is 1. The van der Waals surface area contributed by atoms with Gasteiger partial charge in [-0.3, -0.25) is 4.90 Å². The van der Waals surface area contributed by atoms with Crippen molar-refractivity contribution in [3.05, 3.63) is 77.5 Å². The van der Waals surface area contributed by atoms with E-state index in [4.69, 9.17) is 15.1 Å². The Morgan fingerprint density at radius 1 is 1.00 bits per heavy atom. The standard InChI is InChI=1S/C30H32N6O/c31-14-2-4-22-3-1-5-25(19-22)29-13-12-28-21-32-30(34-36(28)29)33-26-9-6-23-7-10-27(11-8-24(23)20-26)35-15-17-37-18-16-35/h1,3,5-6,9,12-13,19-21,27H,2,4,7-8,10-11,15-18H2,(H,33,34). The van der Waals surface area contributed by atoms with Gasteiger partial charge in [0, 0.05) is 36.8 Å². The Balaban J connectivity index is 1.20. The molecule has 2 aromatic heterocycles. The van der Waals surface area contributed by atoms with Gasteiger partial charge in [-0.25, -0.2) is 9.50 Å². The Hall–Kier alpha value is -3.73. The van der Waals surface area contributed by atoms with Crippen molar-refractivity contribution in [1.82, 2.24) is 19.5 Å². The fourth-order valence-corrected chi connectivity index (χ4v) is 5.67. The van der Waals surface area contributed by atoms with E-state index in [1.165, 1.54) is 24.0 Å². The second kappa shape index (κ2) is 10.7. The maximum Gasteiger partial charge on any atom is 0.245 e. The van der Waals surface area contributed by atoms with E-state index >= 15 is 0 Å². The van der Waals surface area contributed by atoms with Crippen LogP contribution in [0.4, 0.5) is 11.6 Å². The lowest BCUT2D eigenvalue weighted by atomic mass is 10.0. The highest BCUT2D eigenvalue weighted by Crippen LogP contribution is 2.28. The van der Waals surface area contributed by atoms with Crippen LogP contribution >= 0.6 is 0 Å². The number of nitriles is 1. The molecule has 0 bridgehead atoms. The number of aromatic nitrogens is 3. The molecule has 7 heteroatoms. The molecule has 188 valence electrons. The van der Waals surface area contributed by atoms with Gasteiger partial charge in [0.15, 0.2) is 0 Å². The molecule has 1 aliphatic carbocycles. The number of morpholine rings is 1. The lowest BCUT2D eigenvalue weighted by molar-refractivity contribution is 0.0136. The van der Waals surface area contributed by atoms with Gasteiger partial charge in [-0.15, -0.1) is 5.10 Å². The molecular weight excluding hydrogens is 460 g/mol. The van der Waals surface area contributed by atoms with Gasteiger partial charge in [0.1, 0.15) is 0 Å². The zero-order valence-corrected chi connectivity index (χ0v) is 21.1. The fourth-order valence-electron chi connectivity index (χ4n) is 5.67. The average molecular weight is 493 g/mol. The molecule has 2 aromatic carbocycles. The summed E-state index contributed by atoms with van der Waals surface area (Å²) in [6.45, 7) is 3.83. The molecule has 0 amide bonds. The van der Waals surface area contributed by atoms with Crippen molar-refractivity contribution >= 4 is 17.2 Å². The number of fused-ring (bicyclic) bond motifs is 2. The number of hydrogen-bond acceptors (Lipinski definition) is 6. The SMILES string of the molecule is N#CCCc1cccc(-c2ccc3cnc(Nc4ccc5c(c4)CCC(N4CCOCC4)CC5)nn23)c1. The van der Waals surface area contributed by atoms with Crippen molar-refractivity contribution in [3.63, 3.8) is 0 Å². The number of hydrogen-bond donors (Lipinski definition) is 1. The van der Waals surface area contributed by atoms with Crippen molar-refractivity contribution < 1.29 is 4.74 Å². The molecule has 1 N–H and O–H groups in total. The summed E-state index contributed by atoms with van der Waals surface area (Å²) in [6.07, 6.45) is 7.75. The van der Waals surface area contributed by atoms with Crippen LogP contribution < -0.4 is 5.32 Å². The Bertz CT molecular complexity index is 1430. The summed E-state index contributed by atoms with van der Waals surface area (Å²) >= 11 is 0. The molecule has 1 fully saturated rings. The van der Waals surface area contributed by atoms with E-state index in [2.05, 4.69) is 63.7 Å². The van der Waals surface area contributed by atoms with Gasteiger partial charge in [-0.2, -0.15) is 5.26 Å². The van der Waals surface area contributed by atoms with E-state index in [1.54, 1.807) is 0 Å². The van der Waals surface area contributed by atoms with E-state index < -0.39 is 0 Å². The van der Waals surface area contributed by atoms with Crippen LogP contribution in [-0.2, 0) is 24.0 Å². The van der Waals surface area contributed by atoms with E-state index in [0.29, 0.717) is 18.4 Å². The molecule has 0 spiro atoms. The minimum Gasteiger partial charge on any atom is -0.379 e. The quantitative estimate of drug-likeness (QED) is 0.374. The van der Waals surface area contributed by atoms with Gasteiger partial charge in [-0.05, 0) is 79.1 Å². The van der Waals surface area contributed by atoms with Crippen molar-refractivity contribution in [2.24, 2.45) is 0 Å². The van der Waals surface area contributed by atoms with Crippen LogP contribution in [0.15, 0.2) is 60.8 Å². The van der Waals surface area contributed by atoms with Crippen molar-refractivity contribution in [1.29, 1.82) is 5.26 Å². The van der Waals surface area contributed by atoms with Gasteiger partial charge in [0.25, 0.3) is 0 Å². The average Bonchev–Trinajstić information content (AvgIpc) is 3.25. The maximum atomic E-state index is 8.93. The molecule has 6 rings (SSSR count). The number of aryl methyl sites for hydroxylation is 3. The predicted molar refractivity (Wildman–Crippen MR) is 145 cm³/mol. The van der Waals surface area contributed by atoms with Gasteiger partial charge in [-0.1, -0.05) is 24.3 Å². The van der Waals surface area contributed by atoms with Crippen LogP contribution in [0.3, 0.4) is 0 Å². The van der Waals surface area contributed by atoms with Crippen LogP contribution in [0.1, 0.15) is 36.0 Å². The molecule has 4 aromatic rings. The molecule has 0 saturated carbocycles. The van der Waals surface area contributed by atoms with Crippen LogP contribution in [0.2, 0.25) is 0 Å². The summed E-state index contributed by atoms with van der Waals surface area (Å²) in [6, 6.07) is 22.0. The summed E-state index contributed by atoms with van der Waals surface area (Å²) in [4.78, 5) is 7.19. The highest BCUT2D eigenvalue weighted by molar-refractivity contribution is 5.67. The minimum atomic E-state index is 0.517. The summed E-state index contributed by atoms with van der Waals surface area (Å²) < 4.78 is 7.49. The first-order valence-electron chi connectivity index (χ1n) is 13.3. The van der Waals surface area contributed by atoms with Crippen LogP contribution in [-0.4, -0.2) is 51.8 Å². The number of nitrogens with zero attached hydrogens (tertiary/aromatic N) is 5. The lowest BCUT2D eigenvalue weighted by Crippen LogP contribution is -2.43. The Kier molecular flexibility index (Phi) is 6.85. The first kappa shape index (κ1) is 23.7. The third-order valence-electron chi connectivity index (χ3n) is 7.67. The van der Waals surface area contributed by atoms with E-state index in [9.17, 15) is 0 Å². The van der Waals surface area contributed by atoms with Gasteiger partial charge in [0.05, 0.1) is 36.7 Å². The smallest absolute Gasteiger partial charge is 0.245 e. The third-order valence-corrected chi connectivity index (χ3v) is 7.67. The minimum absolute atomic E-state index is 0.517.